The van der Waals surface area contributed by atoms with Crippen molar-refractivity contribution in [2.24, 2.45) is 11.8 Å². The highest BCUT2D eigenvalue weighted by Crippen LogP contribution is 2.28. The van der Waals surface area contributed by atoms with Gasteiger partial charge in [0.15, 0.2) is 0 Å². The molecule has 5 heteroatoms. The molecule has 17 heavy (non-hydrogen) atoms. The van der Waals surface area contributed by atoms with Crippen LogP contribution in [0.2, 0.25) is 0 Å². The van der Waals surface area contributed by atoms with Gasteiger partial charge in [-0.2, -0.15) is 0 Å². The van der Waals surface area contributed by atoms with Gasteiger partial charge in [0.25, 0.3) is 0 Å². The van der Waals surface area contributed by atoms with Crippen molar-refractivity contribution in [1.82, 2.24) is 5.32 Å². The van der Waals surface area contributed by atoms with Crippen molar-refractivity contribution in [3.8, 4) is 0 Å². The molecule has 1 atom stereocenters. The minimum atomic E-state index is -0.856. The summed E-state index contributed by atoms with van der Waals surface area (Å²) < 4.78 is 5.21. The average Bonchev–Trinajstić information content (AvgIpc) is 3.07. The lowest BCUT2D eigenvalue weighted by molar-refractivity contribution is -0.142. The van der Waals surface area contributed by atoms with Gasteiger partial charge in [0.05, 0.1) is 12.5 Å². The van der Waals surface area contributed by atoms with Gasteiger partial charge in [-0.05, 0) is 25.2 Å². The molecule has 0 spiro atoms. The second kappa shape index (κ2) is 7.27. The van der Waals surface area contributed by atoms with Crippen LogP contribution in [-0.4, -0.2) is 36.7 Å². The number of carboxylic acids is 1. The van der Waals surface area contributed by atoms with Gasteiger partial charge in [-0.25, -0.2) is 0 Å². The molecule has 1 fully saturated rings. The fraction of sp³-hybridized carbons (Fsp3) is 0.833. The van der Waals surface area contributed by atoms with Crippen LogP contribution in [-0.2, 0) is 14.3 Å². The quantitative estimate of drug-likeness (QED) is 0.634. The monoisotopic (exact) mass is 243 g/mol. The van der Waals surface area contributed by atoms with Crippen molar-refractivity contribution >= 4 is 11.9 Å². The number of amides is 1. The number of aliphatic carboxylic acids is 1. The molecule has 5 nitrogen and oxygen atoms in total. The number of nitrogens with one attached hydrogen (secondary N) is 1. The SMILES string of the molecule is CCCC(CNC(=O)COCC1CC1)C(=O)O. The first-order valence-corrected chi connectivity index (χ1v) is 6.20. The van der Waals surface area contributed by atoms with Gasteiger partial charge in [0.2, 0.25) is 5.91 Å². The molecule has 1 aliphatic carbocycles. The second-order valence-electron chi connectivity index (χ2n) is 4.59. The number of carbonyl (C=O) groups is 2. The van der Waals surface area contributed by atoms with E-state index in [0.717, 1.165) is 6.42 Å². The summed E-state index contributed by atoms with van der Waals surface area (Å²) in [6, 6.07) is 0. The van der Waals surface area contributed by atoms with Crippen molar-refractivity contribution in [2.75, 3.05) is 19.8 Å². The Morgan fingerprint density at radius 2 is 2.18 bits per heavy atom. The maximum Gasteiger partial charge on any atom is 0.308 e. The van der Waals surface area contributed by atoms with Gasteiger partial charge < -0.3 is 15.2 Å². The molecule has 98 valence electrons. The second-order valence-corrected chi connectivity index (χ2v) is 4.59. The van der Waals surface area contributed by atoms with E-state index in [1.165, 1.54) is 12.8 Å². The highest BCUT2D eigenvalue weighted by molar-refractivity contribution is 5.78. The van der Waals surface area contributed by atoms with Crippen molar-refractivity contribution in [1.29, 1.82) is 0 Å². The lowest BCUT2D eigenvalue weighted by Gasteiger charge is -2.12. The maximum atomic E-state index is 11.3. The largest absolute Gasteiger partial charge is 0.481 e. The van der Waals surface area contributed by atoms with Crippen molar-refractivity contribution in [3.63, 3.8) is 0 Å². The van der Waals surface area contributed by atoms with Crippen LogP contribution in [0.3, 0.4) is 0 Å². The van der Waals surface area contributed by atoms with E-state index in [2.05, 4.69) is 5.32 Å². The van der Waals surface area contributed by atoms with Crippen LogP contribution in [0.25, 0.3) is 0 Å². The molecule has 1 unspecified atom stereocenters. The van der Waals surface area contributed by atoms with E-state index in [0.29, 0.717) is 18.9 Å². The molecule has 0 aromatic rings. The minimum Gasteiger partial charge on any atom is -0.481 e. The van der Waals surface area contributed by atoms with Crippen molar-refractivity contribution < 1.29 is 19.4 Å². The Bertz CT molecular complexity index is 263. The molecule has 1 rings (SSSR count). The van der Waals surface area contributed by atoms with Gasteiger partial charge in [-0.15, -0.1) is 0 Å². The first kappa shape index (κ1) is 14.0. The smallest absolute Gasteiger partial charge is 0.308 e. The average molecular weight is 243 g/mol. The van der Waals surface area contributed by atoms with Gasteiger partial charge in [0, 0.05) is 6.54 Å². The summed E-state index contributed by atoms with van der Waals surface area (Å²) in [4.78, 5) is 22.2. The Hall–Kier alpha value is -1.10. The zero-order valence-corrected chi connectivity index (χ0v) is 10.3. The standard InChI is InChI=1S/C12H21NO4/c1-2-3-10(12(15)16)6-13-11(14)8-17-7-9-4-5-9/h9-10H,2-8H2,1H3,(H,13,14)(H,15,16). The molecule has 1 aliphatic rings. The summed E-state index contributed by atoms with van der Waals surface area (Å²) in [5.74, 6) is -0.943. The first-order valence-electron chi connectivity index (χ1n) is 6.20. The number of carboxylic acid groups (broad SMARTS) is 1. The van der Waals surface area contributed by atoms with E-state index >= 15 is 0 Å². The van der Waals surface area contributed by atoms with Gasteiger partial charge in [0.1, 0.15) is 6.61 Å². The van der Waals surface area contributed by atoms with Crippen molar-refractivity contribution in [3.05, 3.63) is 0 Å². The number of hydrogen-bond donors (Lipinski definition) is 2. The van der Waals surface area contributed by atoms with E-state index < -0.39 is 11.9 Å². The summed E-state index contributed by atoms with van der Waals surface area (Å²) in [6.45, 7) is 2.80. The lowest BCUT2D eigenvalue weighted by atomic mass is 10.0. The van der Waals surface area contributed by atoms with E-state index in [9.17, 15) is 9.59 Å². The molecular formula is C12H21NO4. The Labute approximate surface area is 102 Å². The Kier molecular flexibility index (Phi) is 5.97. The molecule has 2 N–H and O–H groups in total. The van der Waals surface area contributed by atoms with Gasteiger partial charge in [-0.3, -0.25) is 9.59 Å². The summed E-state index contributed by atoms with van der Waals surface area (Å²) in [5, 5.41) is 11.5. The summed E-state index contributed by atoms with van der Waals surface area (Å²) in [6.07, 6.45) is 3.77. The highest BCUT2D eigenvalue weighted by atomic mass is 16.5. The topological polar surface area (TPSA) is 75.6 Å². The summed E-state index contributed by atoms with van der Waals surface area (Å²) >= 11 is 0. The molecule has 0 aromatic heterocycles. The maximum absolute atomic E-state index is 11.3. The van der Waals surface area contributed by atoms with Crippen LogP contribution < -0.4 is 5.32 Å². The number of ether oxygens (including phenoxy) is 1. The third-order valence-electron chi connectivity index (χ3n) is 2.82. The molecule has 0 heterocycles. The zero-order valence-electron chi connectivity index (χ0n) is 10.3. The number of rotatable bonds is 9. The molecule has 0 aromatic carbocycles. The number of carbonyl (C=O) groups excluding carboxylic acids is 1. The third-order valence-corrected chi connectivity index (χ3v) is 2.82. The fourth-order valence-corrected chi connectivity index (χ4v) is 1.55. The Morgan fingerprint density at radius 1 is 1.47 bits per heavy atom. The van der Waals surface area contributed by atoms with Gasteiger partial charge in [-0.1, -0.05) is 13.3 Å². The normalized spacial score (nSPS) is 16.5. The lowest BCUT2D eigenvalue weighted by Crippen LogP contribution is -2.35. The van der Waals surface area contributed by atoms with E-state index in [4.69, 9.17) is 9.84 Å². The highest BCUT2D eigenvalue weighted by Gasteiger charge is 2.22. The molecule has 1 amide bonds. The molecule has 1 saturated carbocycles. The van der Waals surface area contributed by atoms with Crippen LogP contribution in [0.4, 0.5) is 0 Å². The summed E-state index contributed by atoms with van der Waals surface area (Å²) in [7, 11) is 0. The fourth-order valence-electron chi connectivity index (χ4n) is 1.55. The van der Waals surface area contributed by atoms with Gasteiger partial charge >= 0.3 is 5.97 Å². The molecular weight excluding hydrogens is 222 g/mol. The minimum absolute atomic E-state index is 0.0367. The van der Waals surface area contributed by atoms with Crippen LogP contribution >= 0.6 is 0 Å². The van der Waals surface area contributed by atoms with E-state index in [-0.39, 0.29) is 19.1 Å². The van der Waals surface area contributed by atoms with E-state index in [1.807, 2.05) is 6.92 Å². The molecule has 0 radical (unpaired) electrons. The zero-order chi connectivity index (χ0) is 12.7. The third kappa shape index (κ3) is 6.26. The number of hydrogen-bond acceptors (Lipinski definition) is 3. The molecule has 0 aliphatic heterocycles. The Morgan fingerprint density at radius 3 is 2.71 bits per heavy atom. The molecule has 0 saturated heterocycles. The molecule has 0 bridgehead atoms. The van der Waals surface area contributed by atoms with Crippen LogP contribution in [0.15, 0.2) is 0 Å². The summed E-state index contributed by atoms with van der Waals surface area (Å²) in [5.41, 5.74) is 0. The van der Waals surface area contributed by atoms with Crippen LogP contribution in [0.1, 0.15) is 32.6 Å². The predicted octanol–water partition coefficient (Wildman–Crippen LogP) is 1.03. The van der Waals surface area contributed by atoms with Crippen LogP contribution in [0.5, 0.6) is 0 Å². The first-order chi connectivity index (χ1) is 8.13. The van der Waals surface area contributed by atoms with Crippen molar-refractivity contribution in [2.45, 2.75) is 32.6 Å². The van der Waals surface area contributed by atoms with E-state index in [1.54, 1.807) is 0 Å². The Balaban J connectivity index is 2.08. The van der Waals surface area contributed by atoms with Crippen LogP contribution in [0, 0.1) is 11.8 Å². The predicted molar refractivity (Wildman–Crippen MR) is 62.6 cm³/mol.